The minimum atomic E-state index is -0.748. The van der Waals surface area contributed by atoms with Crippen LogP contribution in [0.5, 0.6) is 0 Å². The smallest absolute Gasteiger partial charge is 0.229 e. The third-order valence-electron chi connectivity index (χ3n) is 4.23. The van der Waals surface area contributed by atoms with Crippen LogP contribution in [-0.4, -0.2) is 15.0 Å². The van der Waals surface area contributed by atoms with E-state index in [1.807, 2.05) is 6.07 Å². The van der Waals surface area contributed by atoms with Crippen molar-refractivity contribution in [2.45, 2.75) is 0 Å². The van der Waals surface area contributed by atoms with Crippen LogP contribution in [0.4, 0.5) is 31.9 Å². The molecule has 0 spiro atoms. The lowest BCUT2D eigenvalue weighted by molar-refractivity contribution is 0.591. The first-order valence-electron chi connectivity index (χ1n) is 8.89. The number of hydrogen-bond donors (Lipinski definition) is 2. The molecule has 4 aromatic rings. The van der Waals surface area contributed by atoms with Crippen LogP contribution in [-0.2, 0) is 0 Å². The van der Waals surface area contributed by atoms with Gasteiger partial charge in [-0.25, -0.2) is 13.8 Å². The quantitative estimate of drug-likeness (QED) is 0.423. The molecule has 0 radical (unpaired) electrons. The molecule has 0 saturated carbocycles. The van der Waals surface area contributed by atoms with Gasteiger partial charge in [0.25, 0.3) is 0 Å². The fourth-order valence-corrected chi connectivity index (χ4v) is 2.78. The number of nitrogens with zero attached hydrogens (tertiary/aromatic N) is 4. The van der Waals surface area contributed by atoms with E-state index < -0.39 is 11.6 Å². The summed E-state index contributed by atoms with van der Waals surface area (Å²) in [5.41, 5.74) is 1.95. The minimum absolute atomic E-state index is 0. The molecule has 2 N–H and O–H groups in total. The number of halogens is 3. The van der Waals surface area contributed by atoms with E-state index in [2.05, 4.69) is 25.6 Å². The molecule has 2 aromatic heterocycles. The van der Waals surface area contributed by atoms with Gasteiger partial charge in [0.05, 0.1) is 11.6 Å². The van der Waals surface area contributed by atoms with Gasteiger partial charge in [-0.2, -0.15) is 10.2 Å². The molecule has 0 aliphatic carbocycles. The van der Waals surface area contributed by atoms with Crippen molar-refractivity contribution in [2.24, 2.45) is 0 Å². The molecule has 0 unspecified atom stereocenters. The van der Waals surface area contributed by atoms with Gasteiger partial charge in [0, 0.05) is 24.3 Å². The highest BCUT2D eigenvalue weighted by Crippen LogP contribution is 2.29. The minimum Gasteiger partial charge on any atom is -0.335 e. The number of rotatable bonds is 5. The highest BCUT2D eigenvalue weighted by atomic mass is 35.5. The molecule has 0 aliphatic heterocycles. The Morgan fingerprint density at radius 3 is 2.13 bits per heavy atom. The third-order valence-corrected chi connectivity index (χ3v) is 4.23. The number of aromatic nitrogens is 3. The highest BCUT2D eigenvalue weighted by Gasteiger charge is 2.13. The maximum Gasteiger partial charge on any atom is 0.229 e. The van der Waals surface area contributed by atoms with Crippen molar-refractivity contribution in [3.63, 3.8) is 0 Å². The summed E-state index contributed by atoms with van der Waals surface area (Å²) in [6.07, 6.45) is 4.57. The van der Waals surface area contributed by atoms with E-state index >= 15 is 0 Å². The highest BCUT2D eigenvalue weighted by molar-refractivity contribution is 5.85. The number of pyridine rings is 1. The summed E-state index contributed by atoms with van der Waals surface area (Å²) in [6.45, 7) is 0. The van der Waals surface area contributed by atoms with Gasteiger partial charge in [-0.05, 0) is 65.7 Å². The zero-order chi connectivity index (χ0) is 20.9. The Hall–Kier alpha value is -4.09. The van der Waals surface area contributed by atoms with E-state index in [1.54, 1.807) is 48.8 Å². The lowest BCUT2D eigenvalue weighted by atomic mass is 10.1. The zero-order valence-electron chi connectivity index (χ0n) is 15.9. The normalized spacial score (nSPS) is 9.97. The summed E-state index contributed by atoms with van der Waals surface area (Å²) >= 11 is 0. The van der Waals surface area contributed by atoms with E-state index in [0.29, 0.717) is 22.4 Å². The molecule has 154 valence electrons. The first-order chi connectivity index (χ1) is 14.6. The van der Waals surface area contributed by atoms with E-state index in [4.69, 9.17) is 5.26 Å². The molecular formula is C22H15ClF2N6. The molecule has 31 heavy (non-hydrogen) atoms. The summed E-state index contributed by atoms with van der Waals surface area (Å²) in [4.78, 5) is 12.2. The van der Waals surface area contributed by atoms with Crippen LogP contribution in [0.3, 0.4) is 0 Å². The SMILES string of the molecule is Cl.N#Cc1ccc(Nc2nccc(Nc3c(F)cc(-c4ccncc4)cc3F)n2)cc1. The van der Waals surface area contributed by atoms with Crippen molar-refractivity contribution < 1.29 is 8.78 Å². The molecule has 0 amide bonds. The molecule has 0 fully saturated rings. The van der Waals surface area contributed by atoms with Crippen molar-refractivity contribution >= 4 is 35.5 Å². The Bertz CT molecular complexity index is 1200. The predicted octanol–water partition coefficient (Wildman–Crippen LogP) is 5.60. The second-order valence-electron chi connectivity index (χ2n) is 6.26. The Morgan fingerprint density at radius 2 is 1.48 bits per heavy atom. The molecule has 0 bridgehead atoms. The molecule has 2 heterocycles. The first kappa shape index (κ1) is 21.6. The van der Waals surface area contributed by atoms with Crippen molar-refractivity contribution in [1.82, 2.24) is 15.0 Å². The fraction of sp³-hybridized carbons (Fsp3) is 0. The number of nitriles is 1. The molecule has 6 nitrogen and oxygen atoms in total. The Labute approximate surface area is 183 Å². The second kappa shape index (κ2) is 9.61. The summed E-state index contributed by atoms with van der Waals surface area (Å²) < 4.78 is 29.2. The van der Waals surface area contributed by atoms with Crippen LogP contribution in [0.25, 0.3) is 11.1 Å². The molecule has 0 aliphatic rings. The first-order valence-corrected chi connectivity index (χ1v) is 8.89. The van der Waals surface area contributed by atoms with Crippen LogP contribution in [0.15, 0.2) is 73.2 Å². The molecular weight excluding hydrogens is 422 g/mol. The van der Waals surface area contributed by atoms with Crippen molar-refractivity contribution in [2.75, 3.05) is 10.6 Å². The zero-order valence-corrected chi connectivity index (χ0v) is 16.7. The lowest BCUT2D eigenvalue weighted by Crippen LogP contribution is -2.03. The van der Waals surface area contributed by atoms with E-state index in [1.165, 1.54) is 24.4 Å². The van der Waals surface area contributed by atoms with Gasteiger partial charge in [-0.15, -0.1) is 12.4 Å². The fourth-order valence-electron chi connectivity index (χ4n) is 2.78. The average molecular weight is 437 g/mol. The van der Waals surface area contributed by atoms with E-state index in [9.17, 15) is 8.78 Å². The van der Waals surface area contributed by atoms with Gasteiger partial charge in [0.1, 0.15) is 23.1 Å². The number of benzene rings is 2. The van der Waals surface area contributed by atoms with E-state index in [-0.39, 0.29) is 29.9 Å². The average Bonchev–Trinajstić information content (AvgIpc) is 2.77. The number of hydrogen-bond acceptors (Lipinski definition) is 6. The Balaban J connectivity index is 0.00000272. The lowest BCUT2D eigenvalue weighted by Gasteiger charge is -2.11. The molecule has 0 atom stereocenters. The van der Waals surface area contributed by atoms with Crippen molar-refractivity contribution in [3.8, 4) is 17.2 Å². The molecule has 9 heteroatoms. The standard InChI is InChI=1S/C22H14F2N6.ClH/c23-18-11-16(15-5-8-26-9-6-15)12-19(24)21(18)29-20-7-10-27-22(30-20)28-17-3-1-14(13-25)2-4-17;/h1-12H,(H2,27,28,29,30);1H. The summed E-state index contributed by atoms with van der Waals surface area (Å²) in [5.74, 6) is -1.04. The van der Waals surface area contributed by atoms with Gasteiger partial charge in [-0.3, -0.25) is 4.98 Å². The van der Waals surface area contributed by atoms with Crippen molar-refractivity contribution in [1.29, 1.82) is 5.26 Å². The predicted molar refractivity (Wildman–Crippen MR) is 117 cm³/mol. The third kappa shape index (κ3) is 5.10. The number of anilines is 4. The van der Waals surface area contributed by atoms with Crippen molar-refractivity contribution in [3.05, 3.63) is 90.4 Å². The monoisotopic (exact) mass is 436 g/mol. The topological polar surface area (TPSA) is 86.5 Å². The van der Waals surface area contributed by atoms with Crippen LogP contribution in [0.2, 0.25) is 0 Å². The molecule has 0 saturated heterocycles. The van der Waals surface area contributed by atoms with Gasteiger partial charge in [-0.1, -0.05) is 0 Å². The summed E-state index contributed by atoms with van der Waals surface area (Å²) in [7, 11) is 0. The maximum atomic E-state index is 14.6. The molecule has 2 aromatic carbocycles. The van der Waals surface area contributed by atoms with Gasteiger partial charge >= 0.3 is 0 Å². The number of nitrogens with one attached hydrogen (secondary N) is 2. The van der Waals surface area contributed by atoms with Gasteiger partial charge in [0.2, 0.25) is 5.95 Å². The van der Waals surface area contributed by atoms with Crippen LogP contribution in [0.1, 0.15) is 5.56 Å². The second-order valence-corrected chi connectivity index (χ2v) is 6.26. The molecule has 4 rings (SSSR count). The Morgan fingerprint density at radius 1 is 0.806 bits per heavy atom. The van der Waals surface area contributed by atoms with Gasteiger partial charge < -0.3 is 10.6 Å². The van der Waals surface area contributed by atoms with Crippen LogP contribution >= 0.6 is 12.4 Å². The van der Waals surface area contributed by atoms with Crippen LogP contribution in [0, 0.1) is 23.0 Å². The summed E-state index contributed by atoms with van der Waals surface area (Å²) in [5, 5.41) is 14.5. The maximum absolute atomic E-state index is 14.6. The Kier molecular flexibility index (Phi) is 6.70. The largest absolute Gasteiger partial charge is 0.335 e. The van der Waals surface area contributed by atoms with E-state index in [0.717, 1.165) is 0 Å². The van der Waals surface area contributed by atoms with Crippen LogP contribution < -0.4 is 10.6 Å². The summed E-state index contributed by atoms with van der Waals surface area (Å²) in [6, 6.07) is 16.1. The van der Waals surface area contributed by atoms with Gasteiger partial charge in [0.15, 0.2) is 0 Å².